The molecule has 1 aromatic heterocycles. The molecule has 1 rings (SSSR count). The Morgan fingerprint density at radius 2 is 2.29 bits per heavy atom. The molecular weight excluding hydrogens is 198 g/mol. The van der Waals surface area contributed by atoms with Gasteiger partial charge in [0.05, 0.1) is 4.92 Å². The van der Waals surface area contributed by atoms with E-state index in [1.165, 1.54) is 6.92 Å². The van der Waals surface area contributed by atoms with Gasteiger partial charge in [-0.2, -0.15) is 8.78 Å². The van der Waals surface area contributed by atoms with Gasteiger partial charge in [0.25, 0.3) is 5.69 Å². The number of aryl methyl sites for hydroxylation is 1. The van der Waals surface area contributed by atoms with Crippen LogP contribution < -0.4 is 4.74 Å². The molecule has 0 aromatic carbocycles. The van der Waals surface area contributed by atoms with Gasteiger partial charge in [0, 0.05) is 11.6 Å². The van der Waals surface area contributed by atoms with E-state index in [1.54, 1.807) is 0 Å². The average Bonchev–Trinajstić information content (AvgIpc) is 2.01. The summed E-state index contributed by atoms with van der Waals surface area (Å²) in [7, 11) is 0. The highest BCUT2D eigenvalue weighted by molar-refractivity contribution is 5.39. The number of halogens is 2. The molecule has 1 heterocycles. The van der Waals surface area contributed by atoms with Crippen LogP contribution in [0, 0.1) is 17.0 Å². The van der Waals surface area contributed by atoms with E-state index in [9.17, 15) is 18.9 Å². The first kappa shape index (κ1) is 10.3. The summed E-state index contributed by atoms with van der Waals surface area (Å²) in [5.41, 5.74) is -0.00716. The Kier molecular flexibility index (Phi) is 2.90. The third-order valence-electron chi connectivity index (χ3n) is 1.46. The Hall–Kier alpha value is -1.79. The topological polar surface area (TPSA) is 65.3 Å². The van der Waals surface area contributed by atoms with Crippen LogP contribution in [0.5, 0.6) is 5.88 Å². The standard InChI is InChI=1S/C7H6F2N2O3/c1-4-2-6(14-7(8)9)10-3-5(4)11(12)13/h2-3,7H,1H3. The minimum absolute atomic E-state index is 0.223. The van der Waals surface area contributed by atoms with Gasteiger partial charge in [-0.25, -0.2) is 4.98 Å². The second-order valence-corrected chi connectivity index (χ2v) is 2.44. The molecule has 14 heavy (non-hydrogen) atoms. The average molecular weight is 204 g/mol. The Bertz CT molecular complexity index is 357. The number of hydrogen-bond donors (Lipinski definition) is 0. The number of nitrogens with zero attached hydrogens (tertiary/aromatic N) is 2. The van der Waals surface area contributed by atoms with E-state index >= 15 is 0 Å². The van der Waals surface area contributed by atoms with Crippen molar-refractivity contribution in [3.8, 4) is 5.88 Å². The van der Waals surface area contributed by atoms with E-state index in [2.05, 4.69) is 9.72 Å². The van der Waals surface area contributed by atoms with Gasteiger partial charge in [0.2, 0.25) is 5.88 Å². The molecule has 0 aliphatic carbocycles. The Morgan fingerprint density at radius 3 is 2.71 bits per heavy atom. The van der Waals surface area contributed by atoms with Crippen molar-refractivity contribution >= 4 is 5.69 Å². The molecule has 1 aromatic rings. The number of ether oxygens (including phenoxy) is 1. The largest absolute Gasteiger partial charge is 0.417 e. The summed E-state index contributed by atoms with van der Waals surface area (Å²) < 4.78 is 27.4. The molecule has 0 saturated carbocycles. The predicted molar refractivity (Wildman–Crippen MR) is 42.3 cm³/mol. The molecule has 0 spiro atoms. The first-order valence-corrected chi connectivity index (χ1v) is 3.56. The van der Waals surface area contributed by atoms with Gasteiger partial charge in [-0.3, -0.25) is 10.1 Å². The van der Waals surface area contributed by atoms with E-state index in [1.807, 2.05) is 0 Å². The fourth-order valence-corrected chi connectivity index (χ4v) is 0.870. The van der Waals surface area contributed by atoms with Crippen LogP contribution in [-0.2, 0) is 0 Å². The molecule has 7 heteroatoms. The smallest absolute Gasteiger partial charge is 0.388 e. The number of rotatable bonds is 3. The zero-order valence-corrected chi connectivity index (χ0v) is 7.11. The number of nitro groups is 1. The van der Waals surface area contributed by atoms with Gasteiger partial charge in [-0.05, 0) is 6.92 Å². The van der Waals surface area contributed by atoms with Gasteiger partial charge in [0.15, 0.2) is 0 Å². The van der Waals surface area contributed by atoms with Crippen LogP contribution in [0.3, 0.4) is 0 Å². The van der Waals surface area contributed by atoms with Crippen molar-refractivity contribution < 1.29 is 18.4 Å². The normalized spacial score (nSPS) is 10.3. The molecule has 0 saturated heterocycles. The highest BCUT2D eigenvalue weighted by atomic mass is 19.3. The number of hydrogen-bond acceptors (Lipinski definition) is 4. The zero-order chi connectivity index (χ0) is 10.7. The molecule has 0 atom stereocenters. The second kappa shape index (κ2) is 3.95. The van der Waals surface area contributed by atoms with Crippen LogP contribution in [0.2, 0.25) is 0 Å². The van der Waals surface area contributed by atoms with Crippen molar-refractivity contribution in [3.05, 3.63) is 27.9 Å². The summed E-state index contributed by atoms with van der Waals surface area (Å²) in [4.78, 5) is 13.0. The first-order chi connectivity index (χ1) is 6.50. The van der Waals surface area contributed by atoms with Crippen LogP contribution >= 0.6 is 0 Å². The molecule has 0 aliphatic rings. The summed E-state index contributed by atoms with van der Waals surface area (Å²) in [5, 5.41) is 10.3. The lowest BCUT2D eigenvalue weighted by molar-refractivity contribution is -0.385. The highest BCUT2D eigenvalue weighted by Crippen LogP contribution is 2.20. The number of pyridine rings is 1. The van der Waals surface area contributed by atoms with E-state index in [4.69, 9.17) is 0 Å². The van der Waals surface area contributed by atoms with Crippen molar-refractivity contribution in [1.82, 2.24) is 4.98 Å². The number of alkyl halides is 2. The molecule has 0 radical (unpaired) electrons. The molecule has 0 bridgehead atoms. The second-order valence-electron chi connectivity index (χ2n) is 2.44. The van der Waals surface area contributed by atoms with Crippen LogP contribution in [0.15, 0.2) is 12.3 Å². The lowest BCUT2D eigenvalue weighted by Gasteiger charge is -2.03. The molecular formula is C7H6F2N2O3. The molecule has 5 nitrogen and oxygen atoms in total. The quantitative estimate of drug-likeness (QED) is 0.557. The summed E-state index contributed by atoms with van der Waals surface area (Å²) in [6.07, 6.45) is 0.882. The zero-order valence-electron chi connectivity index (χ0n) is 7.11. The van der Waals surface area contributed by atoms with Gasteiger partial charge >= 0.3 is 6.61 Å². The maximum absolute atomic E-state index is 11.7. The monoisotopic (exact) mass is 204 g/mol. The maximum Gasteiger partial charge on any atom is 0.388 e. The van der Waals surface area contributed by atoms with E-state index in [-0.39, 0.29) is 17.1 Å². The minimum Gasteiger partial charge on any atom is -0.417 e. The van der Waals surface area contributed by atoms with Crippen LogP contribution in [0.25, 0.3) is 0 Å². The molecule has 0 unspecified atom stereocenters. The first-order valence-electron chi connectivity index (χ1n) is 3.56. The molecule has 0 amide bonds. The van der Waals surface area contributed by atoms with Crippen molar-refractivity contribution in [3.63, 3.8) is 0 Å². The fraction of sp³-hybridized carbons (Fsp3) is 0.286. The fourth-order valence-electron chi connectivity index (χ4n) is 0.870. The highest BCUT2D eigenvalue weighted by Gasteiger charge is 2.13. The predicted octanol–water partition coefficient (Wildman–Crippen LogP) is 1.90. The minimum atomic E-state index is -2.98. The van der Waals surface area contributed by atoms with Crippen LogP contribution in [-0.4, -0.2) is 16.5 Å². The van der Waals surface area contributed by atoms with Gasteiger partial charge in [0.1, 0.15) is 6.20 Å². The summed E-state index contributed by atoms with van der Waals surface area (Å²) >= 11 is 0. The van der Waals surface area contributed by atoms with Gasteiger partial charge in [-0.1, -0.05) is 0 Å². The van der Waals surface area contributed by atoms with Crippen molar-refractivity contribution in [2.24, 2.45) is 0 Å². The number of aromatic nitrogens is 1. The van der Waals surface area contributed by atoms with Crippen molar-refractivity contribution in [2.45, 2.75) is 13.5 Å². The Morgan fingerprint density at radius 1 is 1.64 bits per heavy atom. The Balaban J connectivity index is 2.94. The van der Waals surface area contributed by atoms with E-state index < -0.39 is 11.5 Å². The lowest BCUT2D eigenvalue weighted by Crippen LogP contribution is -2.04. The lowest BCUT2D eigenvalue weighted by atomic mass is 10.2. The molecule has 76 valence electrons. The molecule has 0 fully saturated rings. The van der Waals surface area contributed by atoms with Gasteiger partial charge < -0.3 is 4.74 Å². The van der Waals surface area contributed by atoms with Crippen LogP contribution in [0.1, 0.15) is 5.56 Å². The SMILES string of the molecule is Cc1cc(OC(F)F)ncc1[N+](=O)[O-]. The summed E-state index contributed by atoms with van der Waals surface area (Å²) in [6.45, 7) is -1.57. The Labute approximate surface area is 77.5 Å². The molecule has 0 aliphatic heterocycles. The van der Waals surface area contributed by atoms with Crippen LogP contribution in [0.4, 0.5) is 14.5 Å². The van der Waals surface area contributed by atoms with Crippen molar-refractivity contribution in [2.75, 3.05) is 0 Å². The van der Waals surface area contributed by atoms with E-state index in [0.717, 1.165) is 12.3 Å². The van der Waals surface area contributed by atoms with Crippen molar-refractivity contribution in [1.29, 1.82) is 0 Å². The third kappa shape index (κ3) is 2.35. The summed E-state index contributed by atoms with van der Waals surface area (Å²) in [6, 6.07) is 1.09. The summed E-state index contributed by atoms with van der Waals surface area (Å²) in [5.74, 6) is -0.330. The van der Waals surface area contributed by atoms with Gasteiger partial charge in [-0.15, -0.1) is 0 Å². The third-order valence-corrected chi connectivity index (χ3v) is 1.46. The van der Waals surface area contributed by atoms with E-state index in [0.29, 0.717) is 0 Å². The maximum atomic E-state index is 11.7. The molecule has 0 N–H and O–H groups in total.